The van der Waals surface area contributed by atoms with Crippen molar-refractivity contribution in [3.05, 3.63) is 70.4 Å². The highest BCUT2D eigenvalue weighted by Gasteiger charge is 2.28. The summed E-state index contributed by atoms with van der Waals surface area (Å²) in [7, 11) is 0. The Hall–Kier alpha value is -2.73. The molecule has 1 saturated heterocycles. The minimum Gasteiger partial charge on any atom is -0.356 e. The normalized spacial score (nSPS) is 15.9. The van der Waals surface area contributed by atoms with Crippen molar-refractivity contribution >= 4 is 28.9 Å². The van der Waals surface area contributed by atoms with Crippen LogP contribution >= 0.6 is 11.3 Å². The topological polar surface area (TPSA) is 66.5 Å². The van der Waals surface area contributed by atoms with Crippen LogP contribution in [0.15, 0.2) is 54.4 Å². The number of hydrogen-bond donors (Lipinski definition) is 1. The zero-order valence-corrected chi connectivity index (χ0v) is 17.2. The molecule has 0 bridgehead atoms. The van der Waals surface area contributed by atoms with E-state index in [2.05, 4.69) is 11.9 Å². The predicted octanol–water partition coefficient (Wildman–Crippen LogP) is 3.72. The molecule has 0 radical (unpaired) electrons. The zero-order valence-electron chi connectivity index (χ0n) is 16.4. The van der Waals surface area contributed by atoms with E-state index in [9.17, 15) is 14.4 Å². The number of rotatable bonds is 9. The molecule has 5 nitrogen and oxygen atoms in total. The fraction of sp³-hybridized carbons (Fsp3) is 0.348. The lowest BCUT2D eigenvalue weighted by Crippen LogP contribution is -2.33. The molecule has 152 valence electrons. The molecule has 1 aliphatic rings. The molecule has 1 N–H and O–H groups in total. The second-order valence-corrected chi connectivity index (χ2v) is 8.21. The summed E-state index contributed by atoms with van der Waals surface area (Å²) >= 11 is 1.40. The first-order valence-electron chi connectivity index (χ1n) is 9.90. The van der Waals surface area contributed by atoms with Gasteiger partial charge in [-0.1, -0.05) is 30.3 Å². The first kappa shape index (κ1) is 21.0. The number of thiophene rings is 1. The summed E-state index contributed by atoms with van der Waals surface area (Å²) in [6.45, 7) is 5.62. The van der Waals surface area contributed by atoms with Gasteiger partial charge in [0.05, 0.1) is 4.88 Å². The van der Waals surface area contributed by atoms with E-state index in [1.807, 2.05) is 40.6 Å². The average molecular weight is 411 g/mol. The number of ketones is 1. The number of amides is 2. The van der Waals surface area contributed by atoms with Crippen molar-refractivity contribution in [3.8, 4) is 0 Å². The van der Waals surface area contributed by atoms with Crippen LogP contribution in [0.3, 0.4) is 0 Å². The molecule has 2 aromatic rings. The van der Waals surface area contributed by atoms with Crippen LogP contribution in [0.4, 0.5) is 0 Å². The van der Waals surface area contributed by atoms with E-state index in [1.54, 1.807) is 12.1 Å². The standard InChI is InChI=1S/C23H26N2O3S/c1-2-6-18-7-3-4-8-19(18)23(28)25-13-12-17(16-25)15-24-22(27)11-10-20(26)21-9-5-14-29-21/h2-5,7-9,14,17H,1,6,10-13,15-16H2,(H,24,27). The number of carbonyl (C=O) groups excluding carboxylic acids is 3. The fourth-order valence-electron chi connectivity index (χ4n) is 3.55. The Kier molecular flexibility index (Phi) is 7.36. The molecule has 2 heterocycles. The Balaban J connectivity index is 1.44. The highest BCUT2D eigenvalue weighted by Crippen LogP contribution is 2.20. The third kappa shape index (κ3) is 5.64. The van der Waals surface area contributed by atoms with Crippen LogP contribution in [0.25, 0.3) is 0 Å². The lowest BCUT2D eigenvalue weighted by atomic mass is 10.0. The lowest BCUT2D eigenvalue weighted by Gasteiger charge is -2.18. The molecule has 1 aliphatic heterocycles. The second kappa shape index (κ2) is 10.2. The van der Waals surface area contributed by atoms with Crippen LogP contribution in [-0.2, 0) is 11.2 Å². The Bertz CT molecular complexity index is 876. The number of likely N-dealkylation sites (tertiary alicyclic amines) is 1. The predicted molar refractivity (Wildman–Crippen MR) is 115 cm³/mol. The molecule has 1 aromatic carbocycles. The highest BCUT2D eigenvalue weighted by atomic mass is 32.1. The van der Waals surface area contributed by atoms with Crippen molar-refractivity contribution < 1.29 is 14.4 Å². The Morgan fingerprint density at radius 2 is 2.00 bits per heavy atom. The first-order chi connectivity index (χ1) is 14.1. The summed E-state index contributed by atoms with van der Waals surface area (Å²) in [5, 5.41) is 4.77. The van der Waals surface area contributed by atoms with Gasteiger partial charge in [-0.15, -0.1) is 17.9 Å². The van der Waals surface area contributed by atoms with E-state index in [0.29, 0.717) is 30.9 Å². The summed E-state index contributed by atoms with van der Waals surface area (Å²) in [6, 6.07) is 11.2. The van der Waals surface area contributed by atoms with Gasteiger partial charge in [0, 0.05) is 38.0 Å². The van der Waals surface area contributed by atoms with Crippen LogP contribution in [0.1, 0.15) is 44.9 Å². The van der Waals surface area contributed by atoms with Crippen molar-refractivity contribution in [2.24, 2.45) is 5.92 Å². The largest absolute Gasteiger partial charge is 0.356 e. The van der Waals surface area contributed by atoms with E-state index in [-0.39, 0.29) is 36.4 Å². The van der Waals surface area contributed by atoms with Gasteiger partial charge in [0.15, 0.2) is 5.78 Å². The number of allylic oxidation sites excluding steroid dienone is 1. The maximum absolute atomic E-state index is 12.9. The molecule has 1 atom stereocenters. The van der Waals surface area contributed by atoms with Crippen LogP contribution < -0.4 is 5.32 Å². The number of hydrogen-bond acceptors (Lipinski definition) is 4. The lowest BCUT2D eigenvalue weighted by molar-refractivity contribution is -0.121. The van der Waals surface area contributed by atoms with Crippen LogP contribution in [-0.4, -0.2) is 42.1 Å². The van der Waals surface area contributed by atoms with Gasteiger partial charge < -0.3 is 10.2 Å². The minimum atomic E-state index is -0.115. The Morgan fingerprint density at radius 3 is 2.76 bits per heavy atom. The molecule has 1 fully saturated rings. The minimum absolute atomic E-state index is 0.00553. The van der Waals surface area contributed by atoms with Crippen LogP contribution in [0.5, 0.6) is 0 Å². The fourth-order valence-corrected chi connectivity index (χ4v) is 4.24. The Labute approximate surface area is 175 Å². The summed E-state index contributed by atoms with van der Waals surface area (Å²) in [5.41, 5.74) is 1.71. The van der Waals surface area contributed by atoms with Crippen LogP contribution in [0, 0.1) is 5.92 Å². The van der Waals surface area contributed by atoms with E-state index >= 15 is 0 Å². The monoisotopic (exact) mass is 410 g/mol. The maximum Gasteiger partial charge on any atom is 0.254 e. The summed E-state index contributed by atoms with van der Waals surface area (Å²) in [6.07, 6.45) is 3.75. The van der Waals surface area contributed by atoms with Gasteiger partial charge in [-0.3, -0.25) is 14.4 Å². The summed E-state index contributed by atoms with van der Waals surface area (Å²) < 4.78 is 0. The van der Waals surface area contributed by atoms with Gasteiger partial charge in [0.25, 0.3) is 5.91 Å². The number of nitrogens with zero attached hydrogens (tertiary/aromatic N) is 1. The molecular weight excluding hydrogens is 384 g/mol. The quantitative estimate of drug-likeness (QED) is 0.506. The van der Waals surface area contributed by atoms with Crippen molar-refractivity contribution in [2.45, 2.75) is 25.7 Å². The third-order valence-electron chi connectivity index (χ3n) is 5.15. The highest BCUT2D eigenvalue weighted by molar-refractivity contribution is 7.12. The zero-order chi connectivity index (χ0) is 20.6. The molecule has 3 rings (SSSR count). The smallest absolute Gasteiger partial charge is 0.254 e. The van der Waals surface area contributed by atoms with Crippen molar-refractivity contribution in [2.75, 3.05) is 19.6 Å². The van der Waals surface area contributed by atoms with Gasteiger partial charge >= 0.3 is 0 Å². The molecule has 2 amide bonds. The molecule has 6 heteroatoms. The number of benzene rings is 1. The van der Waals surface area contributed by atoms with Gasteiger partial charge in [-0.2, -0.15) is 0 Å². The van der Waals surface area contributed by atoms with Crippen LogP contribution in [0.2, 0.25) is 0 Å². The number of carbonyl (C=O) groups is 3. The molecule has 0 saturated carbocycles. The third-order valence-corrected chi connectivity index (χ3v) is 6.06. The van der Waals surface area contributed by atoms with Gasteiger partial charge in [0.2, 0.25) is 5.91 Å². The second-order valence-electron chi connectivity index (χ2n) is 7.26. The van der Waals surface area contributed by atoms with E-state index in [1.165, 1.54) is 11.3 Å². The number of nitrogens with one attached hydrogen (secondary N) is 1. The van der Waals surface area contributed by atoms with E-state index in [4.69, 9.17) is 0 Å². The van der Waals surface area contributed by atoms with Gasteiger partial charge in [0.1, 0.15) is 0 Å². The average Bonchev–Trinajstić information content (AvgIpc) is 3.43. The first-order valence-corrected chi connectivity index (χ1v) is 10.8. The Morgan fingerprint density at radius 1 is 1.17 bits per heavy atom. The van der Waals surface area contributed by atoms with E-state index < -0.39 is 0 Å². The summed E-state index contributed by atoms with van der Waals surface area (Å²) in [4.78, 5) is 39.5. The number of Topliss-reactive ketones (excluding diaryl/α,β-unsaturated/α-hetero) is 1. The molecule has 0 aliphatic carbocycles. The van der Waals surface area contributed by atoms with Gasteiger partial charge in [-0.25, -0.2) is 0 Å². The molecular formula is C23H26N2O3S. The van der Waals surface area contributed by atoms with Crippen molar-refractivity contribution in [3.63, 3.8) is 0 Å². The van der Waals surface area contributed by atoms with Gasteiger partial charge in [-0.05, 0) is 41.8 Å². The summed E-state index contributed by atoms with van der Waals surface area (Å²) in [5.74, 6) is 0.169. The SMILES string of the molecule is C=CCc1ccccc1C(=O)N1CCC(CNC(=O)CCC(=O)c2cccs2)C1. The molecule has 1 aromatic heterocycles. The molecule has 1 unspecified atom stereocenters. The van der Waals surface area contributed by atoms with Crippen molar-refractivity contribution in [1.29, 1.82) is 0 Å². The van der Waals surface area contributed by atoms with E-state index in [0.717, 1.165) is 17.5 Å². The van der Waals surface area contributed by atoms with Crippen molar-refractivity contribution in [1.82, 2.24) is 10.2 Å². The maximum atomic E-state index is 12.9. The molecule has 0 spiro atoms. The molecule has 29 heavy (non-hydrogen) atoms.